The molecule has 2 rings (SSSR count). The predicted molar refractivity (Wildman–Crippen MR) is 158 cm³/mol. The lowest BCUT2D eigenvalue weighted by Crippen LogP contribution is -2.37. The maximum absolute atomic E-state index is 13.5. The average molecular weight is 586 g/mol. The number of aliphatic hydroxyl groups excluding tert-OH is 1. The topological polar surface area (TPSA) is 166 Å². The second-order valence-electron chi connectivity index (χ2n) is 10.6. The Labute approximate surface area is 247 Å². The van der Waals surface area contributed by atoms with E-state index in [9.17, 15) is 24.3 Å². The molecule has 1 aliphatic heterocycles. The van der Waals surface area contributed by atoms with Gasteiger partial charge in [0.2, 0.25) is 11.6 Å². The number of carbonyl (C=O) groups excluding carboxylic acids is 4. The Hall–Kier alpha value is -3.80. The van der Waals surface area contributed by atoms with Gasteiger partial charge in [-0.15, -0.1) is 6.58 Å². The summed E-state index contributed by atoms with van der Waals surface area (Å²) in [6.45, 7) is 10.9. The average Bonchev–Trinajstić information content (AvgIpc) is 2.94. The number of hydrogen-bond donors (Lipinski definition) is 4. The minimum atomic E-state index is -1.00. The Bertz CT molecular complexity index is 1210. The fourth-order valence-electron chi connectivity index (χ4n) is 4.95. The summed E-state index contributed by atoms with van der Waals surface area (Å²) in [5, 5.41) is 16.7. The molecule has 2 amide bonds. The van der Waals surface area contributed by atoms with Gasteiger partial charge in [-0.3, -0.25) is 14.4 Å². The summed E-state index contributed by atoms with van der Waals surface area (Å²) in [6.07, 6.45) is 5.34. The molecule has 0 saturated carbocycles. The lowest BCUT2D eigenvalue weighted by molar-refractivity contribution is -0.120. The largest absolute Gasteiger partial charge is 0.439 e. The Balaban J connectivity index is 2.62. The van der Waals surface area contributed by atoms with E-state index in [1.54, 1.807) is 45.1 Å². The number of hydrogen-bond acceptors (Lipinski definition) is 9. The van der Waals surface area contributed by atoms with Crippen LogP contribution in [0.5, 0.6) is 0 Å². The fourth-order valence-corrected chi connectivity index (χ4v) is 4.95. The smallest absolute Gasteiger partial charge is 0.405 e. The number of ketones is 2. The van der Waals surface area contributed by atoms with Gasteiger partial charge in [0.25, 0.3) is 5.91 Å². The van der Waals surface area contributed by atoms with Crippen LogP contribution in [0.3, 0.4) is 0 Å². The van der Waals surface area contributed by atoms with Gasteiger partial charge in [-0.05, 0) is 38.2 Å². The van der Waals surface area contributed by atoms with Crippen molar-refractivity contribution in [2.75, 3.05) is 20.8 Å². The van der Waals surface area contributed by atoms with E-state index in [-0.39, 0.29) is 41.4 Å². The molecule has 0 radical (unpaired) electrons. The zero-order valence-corrected chi connectivity index (χ0v) is 25.1. The molecule has 0 saturated heterocycles. The van der Waals surface area contributed by atoms with Crippen LogP contribution in [-0.4, -0.2) is 73.9 Å². The molecule has 2 aliphatic rings. The number of nitrogens with one attached hydrogen (secondary N) is 2. The SMILES string of the molecule is C=CCNC1=C2C[C@@H](C)C[C@H](OC)[C@H](O)[C@@H](C)/C=C(/C)[C@H](OC(N)=O)[C@@H](OC)/C=C\C=C(\C)C(=O)NC(=CC1=O)C2=O. The number of primary amides is 1. The van der Waals surface area contributed by atoms with E-state index in [0.29, 0.717) is 12.0 Å². The van der Waals surface area contributed by atoms with Crippen LogP contribution in [0.25, 0.3) is 0 Å². The van der Waals surface area contributed by atoms with Crippen molar-refractivity contribution in [3.63, 3.8) is 0 Å². The van der Waals surface area contributed by atoms with Gasteiger partial charge >= 0.3 is 6.09 Å². The number of methoxy groups -OCH3 is 2. The molecule has 230 valence electrons. The second-order valence-corrected chi connectivity index (χ2v) is 10.6. The molecular formula is C31H43N3O8. The van der Waals surface area contributed by atoms with Gasteiger partial charge in [-0.1, -0.05) is 44.2 Å². The number of allylic oxidation sites excluding steroid dienone is 4. The van der Waals surface area contributed by atoms with Crippen molar-refractivity contribution in [2.24, 2.45) is 17.6 Å². The van der Waals surface area contributed by atoms with E-state index in [1.807, 2.05) is 6.92 Å². The van der Waals surface area contributed by atoms with Gasteiger partial charge in [0.1, 0.15) is 6.10 Å². The van der Waals surface area contributed by atoms with Crippen molar-refractivity contribution >= 4 is 23.6 Å². The molecule has 0 aromatic rings. The summed E-state index contributed by atoms with van der Waals surface area (Å²) in [4.78, 5) is 51.3. The zero-order chi connectivity index (χ0) is 31.6. The number of rotatable bonds is 6. The van der Waals surface area contributed by atoms with Gasteiger partial charge in [0.05, 0.1) is 23.6 Å². The molecule has 11 nitrogen and oxygen atoms in total. The quantitative estimate of drug-likeness (QED) is 0.271. The van der Waals surface area contributed by atoms with E-state index in [4.69, 9.17) is 19.9 Å². The van der Waals surface area contributed by atoms with Crippen LogP contribution in [0.2, 0.25) is 0 Å². The van der Waals surface area contributed by atoms with Crippen molar-refractivity contribution in [3.8, 4) is 0 Å². The number of Topliss-reactive ketones (excluding diaryl/α,β-unsaturated/α-hetero) is 1. The molecule has 42 heavy (non-hydrogen) atoms. The third-order valence-electron chi connectivity index (χ3n) is 7.22. The zero-order valence-electron chi connectivity index (χ0n) is 25.1. The number of ether oxygens (including phenoxy) is 3. The maximum atomic E-state index is 13.5. The normalized spacial score (nSPS) is 31.6. The molecule has 2 bridgehead atoms. The molecular weight excluding hydrogens is 542 g/mol. The minimum Gasteiger partial charge on any atom is -0.439 e. The van der Waals surface area contributed by atoms with E-state index >= 15 is 0 Å². The first-order valence-corrected chi connectivity index (χ1v) is 13.8. The first kappa shape index (κ1) is 34.4. The molecule has 6 atom stereocenters. The fraction of sp³-hybridized carbons (Fsp3) is 0.484. The monoisotopic (exact) mass is 585 g/mol. The first-order chi connectivity index (χ1) is 19.8. The molecule has 0 unspecified atom stereocenters. The highest BCUT2D eigenvalue weighted by molar-refractivity contribution is 6.23. The highest BCUT2D eigenvalue weighted by atomic mass is 16.6. The van der Waals surface area contributed by atoms with E-state index in [0.717, 1.165) is 6.08 Å². The first-order valence-electron chi connectivity index (χ1n) is 13.8. The third-order valence-corrected chi connectivity index (χ3v) is 7.22. The predicted octanol–water partition coefficient (Wildman–Crippen LogP) is 2.54. The van der Waals surface area contributed by atoms with Crippen molar-refractivity contribution < 1.29 is 38.5 Å². The van der Waals surface area contributed by atoms with E-state index < -0.39 is 53.9 Å². The van der Waals surface area contributed by atoms with Crippen molar-refractivity contribution in [1.29, 1.82) is 0 Å². The molecule has 0 spiro atoms. The highest BCUT2D eigenvalue weighted by Crippen LogP contribution is 2.28. The van der Waals surface area contributed by atoms with Gasteiger partial charge in [0, 0.05) is 43.9 Å². The van der Waals surface area contributed by atoms with Crippen molar-refractivity contribution in [2.45, 2.75) is 65.0 Å². The Morgan fingerprint density at radius 3 is 2.50 bits per heavy atom. The number of aliphatic hydroxyl groups is 1. The van der Waals surface area contributed by atoms with E-state index in [1.165, 1.54) is 20.3 Å². The van der Waals surface area contributed by atoms with Gasteiger partial charge in [-0.2, -0.15) is 0 Å². The molecule has 1 aliphatic carbocycles. The Morgan fingerprint density at radius 1 is 1.21 bits per heavy atom. The highest BCUT2D eigenvalue weighted by Gasteiger charge is 2.33. The lowest BCUT2D eigenvalue weighted by atomic mass is 9.85. The number of amides is 2. The van der Waals surface area contributed by atoms with Gasteiger partial charge < -0.3 is 35.7 Å². The van der Waals surface area contributed by atoms with Crippen LogP contribution in [0.15, 0.2) is 71.1 Å². The minimum absolute atomic E-state index is 0.132. The number of carbonyl (C=O) groups is 4. The Kier molecular flexibility index (Phi) is 13.1. The molecule has 1 heterocycles. The van der Waals surface area contributed by atoms with Crippen LogP contribution in [0.1, 0.15) is 40.5 Å². The molecule has 0 aromatic carbocycles. The van der Waals surface area contributed by atoms with Crippen LogP contribution in [0.4, 0.5) is 4.79 Å². The molecule has 0 fully saturated rings. The summed E-state index contributed by atoms with van der Waals surface area (Å²) in [5.41, 5.74) is 6.42. The van der Waals surface area contributed by atoms with Gasteiger partial charge in [-0.25, -0.2) is 4.79 Å². The lowest BCUT2D eigenvalue weighted by Gasteiger charge is -2.30. The summed E-state index contributed by atoms with van der Waals surface area (Å²) in [5.74, 6) is -2.14. The maximum Gasteiger partial charge on any atom is 0.405 e. The van der Waals surface area contributed by atoms with Crippen molar-refractivity contribution in [3.05, 3.63) is 71.1 Å². The van der Waals surface area contributed by atoms with Crippen LogP contribution in [0, 0.1) is 11.8 Å². The number of fused-ring (bicyclic) bond motifs is 2. The standard InChI is InChI=1S/C31H43N3O8/c1-8-12-33-26-21-13-17(2)14-25(41-7)27(36)19(4)15-20(5)29(42-31(32)39)24(40-6)11-9-10-18(3)30(38)34-22(28(21)37)16-23(26)35/h8-11,15-17,19,24-25,27,29,33,36H,1,12-14H2,2-7H3,(H2,32,39)(H,34,38)/b11-9-,18-10-,20-15-/t17-,19+,24+,25+,27-,29+/m1/s1. The number of nitrogens with two attached hydrogens (primary N) is 1. The van der Waals surface area contributed by atoms with E-state index in [2.05, 4.69) is 17.2 Å². The summed E-state index contributed by atoms with van der Waals surface area (Å²) in [6, 6.07) is 0. The third kappa shape index (κ3) is 9.10. The van der Waals surface area contributed by atoms with Crippen LogP contribution >= 0.6 is 0 Å². The summed E-state index contributed by atoms with van der Waals surface area (Å²) < 4.78 is 16.6. The van der Waals surface area contributed by atoms with Gasteiger partial charge in [0.15, 0.2) is 6.10 Å². The molecule has 11 heteroatoms. The summed E-state index contributed by atoms with van der Waals surface area (Å²) in [7, 11) is 2.92. The molecule has 5 N–H and O–H groups in total. The molecule has 0 aromatic heterocycles. The van der Waals surface area contributed by atoms with Crippen LogP contribution < -0.4 is 16.4 Å². The second kappa shape index (κ2) is 16.0. The Morgan fingerprint density at radius 2 is 1.90 bits per heavy atom. The summed E-state index contributed by atoms with van der Waals surface area (Å²) >= 11 is 0. The van der Waals surface area contributed by atoms with Crippen LogP contribution in [-0.2, 0) is 28.6 Å². The van der Waals surface area contributed by atoms with Crippen molar-refractivity contribution in [1.82, 2.24) is 10.6 Å².